The Balaban J connectivity index is 1.51. The molecule has 3 heterocycles. The first-order valence-corrected chi connectivity index (χ1v) is 12.6. The van der Waals surface area contributed by atoms with Crippen molar-refractivity contribution in [2.24, 2.45) is 7.05 Å². The second-order valence-electron chi connectivity index (χ2n) is 8.26. The van der Waals surface area contributed by atoms with E-state index in [-0.39, 0.29) is 10.8 Å². The number of hydrogen-bond donors (Lipinski definition) is 0. The number of piperazine rings is 1. The van der Waals surface area contributed by atoms with Crippen LogP contribution in [0.25, 0.3) is 0 Å². The highest BCUT2D eigenvalue weighted by Gasteiger charge is 2.33. The zero-order valence-corrected chi connectivity index (χ0v) is 19.6. The number of anilines is 1. The molecule has 1 aromatic heterocycles. The molecule has 31 heavy (non-hydrogen) atoms. The molecule has 1 amide bonds. The molecule has 0 aliphatic carbocycles. The van der Waals surface area contributed by atoms with Gasteiger partial charge in [-0.05, 0) is 56.5 Å². The smallest absolute Gasteiger partial charge is 0.270 e. The van der Waals surface area contributed by atoms with Gasteiger partial charge in [0.15, 0.2) is 0 Å². The summed E-state index contributed by atoms with van der Waals surface area (Å²) in [7, 11) is -1.91. The third kappa shape index (κ3) is 4.33. The molecule has 2 aliphatic rings. The van der Waals surface area contributed by atoms with Crippen LogP contribution in [0, 0.1) is 6.92 Å². The van der Waals surface area contributed by atoms with Crippen molar-refractivity contribution in [1.29, 1.82) is 0 Å². The number of benzene rings is 1. The Kier molecular flexibility index (Phi) is 6.32. The summed E-state index contributed by atoms with van der Waals surface area (Å²) in [6.07, 6.45) is 3.13. The van der Waals surface area contributed by atoms with Crippen LogP contribution in [0.5, 0.6) is 0 Å². The first-order chi connectivity index (χ1) is 14.8. The van der Waals surface area contributed by atoms with Gasteiger partial charge in [0, 0.05) is 62.7 Å². The SMILES string of the molecule is Cc1c(S(=O)(=O)N2CCN(c3ccc(Cl)cc3)CC2)cc(C(=O)N2CCCCC2)n1C. The van der Waals surface area contributed by atoms with Crippen LogP contribution in [0.2, 0.25) is 5.02 Å². The van der Waals surface area contributed by atoms with Gasteiger partial charge in [-0.3, -0.25) is 4.79 Å². The molecular formula is C22H29ClN4O3S. The van der Waals surface area contributed by atoms with Crippen LogP contribution in [-0.4, -0.2) is 67.4 Å². The highest BCUT2D eigenvalue weighted by atomic mass is 35.5. The van der Waals surface area contributed by atoms with Crippen LogP contribution in [0.3, 0.4) is 0 Å². The first kappa shape index (κ1) is 22.2. The van der Waals surface area contributed by atoms with Gasteiger partial charge in [-0.2, -0.15) is 4.31 Å². The number of aromatic nitrogens is 1. The van der Waals surface area contributed by atoms with Gasteiger partial charge in [-0.15, -0.1) is 0 Å². The number of hydrogen-bond acceptors (Lipinski definition) is 4. The third-order valence-corrected chi connectivity index (χ3v) is 8.67. The van der Waals surface area contributed by atoms with E-state index in [1.165, 1.54) is 4.31 Å². The molecule has 2 saturated heterocycles. The molecular weight excluding hydrogens is 436 g/mol. The van der Waals surface area contributed by atoms with Crippen molar-refractivity contribution >= 4 is 33.2 Å². The standard InChI is InChI=1S/C22H29ClN4O3S/c1-17-21(16-20(24(17)2)22(28)26-10-4-3-5-11-26)31(29,30)27-14-12-25(13-15-27)19-8-6-18(23)7-9-19/h6-9,16H,3-5,10-15H2,1-2H3. The van der Waals surface area contributed by atoms with E-state index in [9.17, 15) is 13.2 Å². The molecule has 9 heteroatoms. The van der Waals surface area contributed by atoms with Gasteiger partial charge >= 0.3 is 0 Å². The Labute approximate surface area is 189 Å². The summed E-state index contributed by atoms with van der Waals surface area (Å²) in [5.74, 6) is -0.0840. The van der Waals surface area contributed by atoms with Crippen molar-refractivity contribution < 1.29 is 13.2 Å². The molecule has 0 unspecified atom stereocenters. The van der Waals surface area contributed by atoms with Crippen LogP contribution in [-0.2, 0) is 17.1 Å². The largest absolute Gasteiger partial charge is 0.369 e. The summed E-state index contributed by atoms with van der Waals surface area (Å²) in [6, 6.07) is 9.15. The fraction of sp³-hybridized carbons (Fsp3) is 0.500. The second kappa shape index (κ2) is 8.84. The number of nitrogens with zero attached hydrogens (tertiary/aromatic N) is 4. The fourth-order valence-electron chi connectivity index (χ4n) is 4.37. The summed E-state index contributed by atoms with van der Waals surface area (Å²) in [5.41, 5.74) is 2.07. The topological polar surface area (TPSA) is 65.9 Å². The lowest BCUT2D eigenvalue weighted by atomic mass is 10.1. The number of likely N-dealkylation sites (tertiary alicyclic amines) is 1. The number of piperidine rings is 1. The highest BCUT2D eigenvalue weighted by molar-refractivity contribution is 7.89. The molecule has 2 fully saturated rings. The Morgan fingerprint density at radius 1 is 0.935 bits per heavy atom. The van der Waals surface area contributed by atoms with Crippen LogP contribution < -0.4 is 4.90 Å². The van der Waals surface area contributed by atoms with E-state index < -0.39 is 10.0 Å². The summed E-state index contributed by atoms with van der Waals surface area (Å²) in [6.45, 7) is 5.24. The molecule has 0 bridgehead atoms. The molecule has 0 N–H and O–H groups in total. The van der Waals surface area contributed by atoms with Crippen molar-refractivity contribution in [2.75, 3.05) is 44.2 Å². The Morgan fingerprint density at radius 3 is 2.16 bits per heavy atom. The van der Waals surface area contributed by atoms with E-state index in [0.717, 1.165) is 38.0 Å². The molecule has 2 aromatic rings. The summed E-state index contributed by atoms with van der Waals surface area (Å²) in [5, 5.41) is 0.680. The lowest BCUT2D eigenvalue weighted by Gasteiger charge is -2.35. The van der Waals surface area contributed by atoms with Gasteiger partial charge in [0.05, 0.1) is 0 Å². The zero-order chi connectivity index (χ0) is 22.2. The molecule has 0 atom stereocenters. The average molecular weight is 465 g/mol. The van der Waals surface area contributed by atoms with Gasteiger partial charge in [-0.1, -0.05) is 11.6 Å². The maximum atomic E-state index is 13.4. The zero-order valence-electron chi connectivity index (χ0n) is 18.1. The van der Waals surface area contributed by atoms with Crippen molar-refractivity contribution in [3.8, 4) is 0 Å². The van der Waals surface area contributed by atoms with Crippen LogP contribution in [0.1, 0.15) is 35.4 Å². The van der Waals surface area contributed by atoms with Gasteiger partial charge in [-0.25, -0.2) is 8.42 Å². The number of rotatable bonds is 4. The van der Waals surface area contributed by atoms with E-state index in [1.807, 2.05) is 29.2 Å². The van der Waals surface area contributed by atoms with Crippen molar-refractivity contribution in [2.45, 2.75) is 31.1 Å². The van der Waals surface area contributed by atoms with Crippen LogP contribution in [0.4, 0.5) is 5.69 Å². The second-order valence-corrected chi connectivity index (χ2v) is 10.6. The number of sulfonamides is 1. The maximum Gasteiger partial charge on any atom is 0.270 e. The molecule has 4 rings (SSSR count). The Morgan fingerprint density at radius 2 is 1.55 bits per heavy atom. The number of carbonyl (C=O) groups is 1. The monoisotopic (exact) mass is 464 g/mol. The average Bonchev–Trinajstić information content (AvgIpc) is 3.09. The normalized spacial score (nSPS) is 18.4. The molecule has 0 radical (unpaired) electrons. The molecule has 1 aromatic carbocycles. The van der Waals surface area contributed by atoms with E-state index in [2.05, 4.69) is 4.90 Å². The van der Waals surface area contributed by atoms with Gasteiger partial charge in [0.1, 0.15) is 10.6 Å². The van der Waals surface area contributed by atoms with Crippen molar-refractivity contribution in [3.63, 3.8) is 0 Å². The van der Waals surface area contributed by atoms with Gasteiger partial charge < -0.3 is 14.4 Å². The van der Waals surface area contributed by atoms with Crippen molar-refractivity contribution in [1.82, 2.24) is 13.8 Å². The lowest BCUT2D eigenvalue weighted by molar-refractivity contribution is 0.0714. The van der Waals surface area contributed by atoms with E-state index in [0.29, 0.717) is 42.6 Å². The summed E-state index contributed by atoms with van der Waals surface area (Å²) >= 11 is 5.97. The molecule has 7 nitrogen and oxygen atoms in total. The Bertz CT molecular complexity index is 1050. The molecule has 0 spiro atoms. The fourth-order valence-corrected chi connectivity index (χ4v) is 6.19. The van der Waals surface area contributed by atoms with Crippen LogP contribution >= 0.6 is 11.6 Å². The number of halogens is 1. The quantitative estimate of drug-likeness (QED) is 0.697. The lowest BCUT2D eigenvalue weighted by Crippen LogP contribution is -2.48. The predicted molar refractivity (Wildman–Crippen MR) is 122 cm³/mol. The molecule has 2 aliphatic heterocycles. The van der Waals surface area contributed by atoms with Gasteiger partial charge in [0.2, 0.25) is 10.0 Å². The minimum Gasteiger partial charge on any atom is -0.369 e. The minimum atomic E-state index is -3.68. The first-order valence-electron chi connectivity index (χ1n) is 10.8. The van der Waals surface area contributed by atoms with E-state index >= 15 is 0 Å². The Hall–Kier alpha value is -2.03. The van der Waals surface area contributed by atoms with Crippen LogP contribution in [0.15, 0.2) is 35.2 Å². The van der Waals surface area contributed by atoms with E-state index in [1.54, 1.807) is 24.6 Å². The molecule has 0 saturated carbocycles. The minimum absolute atomic E-state index is 0.0840. The van der Waals surface area contributed by atoms with Gasteiger partial charge in [0.25, 0.3) is 5.91 Å². The number of amides is 1. The highest BCUT2D eigenvalue weighted by Crippen LogP contribution is 2.27. The van der Waals surface area contributed by atoms with E-state index in [4.69, 9.17) is 11.6 Å². The van der Waals surface area contributed by atoms with Crippen molar-refractivity contribution in [3.05, 3.63) is 46.7 Å². The summed E-state index contributed by atoms with van der Waals surface area (Å²) < 4.78 is 30.1. The third-order valence-electron chi connectivity index (χ3n) is 6.40. The predicted octanol–water partition coefficient (Wildman–Crippen LogP) is 3.12. The molecule has 168 valence electrons. The summed E-state index contributed by atoms with van der Waals surface area (Å²) in [4.78, 5) is 17.2. The maximum absolute atomic E-state index is 13.4. The number of carbonyl (C=O) groups excluding carboxylic acids is 1.